The van der Waals surface area contributed by atoms with Crippen LogP contribution in [-0.2, 0) is 19.6 Å². The van der Waals surface area contributed by atoms with Gasteiger partial charge in [0.05, 0.1) is 0 Å². The Morgan fingerprint density at radius 1 is 0.818 bits per heavy atom. The highest BCUT2D eigenvalue weighted by Gasteiger charge is 2.13. The number of hydrogen-bond acceptors (Lipinski definition) is 4. The molecule has 2 N–H and O–H groups in total. The van der Waals surface area contributed by atoms with Gasteiger partial charge in [-0.2, -0.15) is 0 Å². The molecule has 0 atom stereocenters. The Morgan fingerprint density at radius 3 is 2.09 bits per heavy atom. The van der Waals surface area contributed by atoms with Crippen LogP contribution < -0.4 is 15.5 Å². The fraction of sp³-hybridized carbons (Fsp3) is 0.538. The standard InChI is InChI=1S/C26H38N6.HI/c1-27-26(30-20-24-12-13-28-25(18-24)32-16-6-3-7-17-32)29-19-22-8-10-23(11-9-22)21-31-14-4-2-5-15-31;/h8-13,18H,2-7,14-17,19-21H2,1H3,(H2,27,29,30);1H. The average Bonchev–Trinajstić information content (AvgIpc) is 2.86. The lowest BCUT2D eigenvalue weighted by Gasteiger charge is -2.28. The van der Waals surface area contributed by atoms with Crippen LogP contribution in [0.5, 0.6) is 0 Å². The van der Waals surface area contributed by atoms with Crippen molar-refractivity contribution >= 4 is 35.8 Å². The molecule has 1 aromatic carbocycles. The zero-order valence-corrected chi connectivity index (χ0v) is 22.3. The summed E-state index contributed by atoms with van der Waals surface area (Å²) < 4.78 is 0. The Balaban J connectivity index is 0.00000306. The zero-order valence-electron chi connectivity index (χ0n) is 19.9. The summed E-state index contributed by atoms with van der Waals surface area (Å²) in [6.07, 6.45) is 9.85. The van der Waals surface area contributed by atoms with Crippen LogP contribution >= 0.6 is 24.0 Å². The minimum absolute atomic E-state index is 0. The van der Waals surface area contributed by atoms with E-state index in [9.17, 15) is 0 Å². The molecule has 2 aliphatic heterocycles. The number of guanidine groups is 1. The number of pyridine rings is 1. The molecule has 0 aliphatic carbocycles. The molecule has 33 heavy (non-hydrogen) atoms. The summed E-state index contributed by atoms with van der Waals surface area (Å²) in [5.74, 6) is 1.91. The molecule has 4 rings (SSSR count). The number of aromatic nitrogens is 1. The number of nitrogens with one attached hydrogen (secondary N) is 2. The maximum absolute atomic E-state index is 4.58. The van der Waals surface area contributed by atoms with Gasteiger partial charge < -0.3 is 15.5 Å². The fourth-order valence-corrected chi connectivity index (χ4v) is 4.60. The summed E-state index contributed by atoms with van der Waals surface area (Å²) in [5.41, 5.74) is 3.90. The highest BCUT2D eigenvalue weighted by atomic mass is 127. The minimum atomic E-state index is 0. The molecule has 0 saturated carbocycles. The largest absolute Gasteiger partial charge is 0.357 e. The highest BCUT2D eigenvalue weighted by Crippen LogP contribution is 2.18. The monoisotopic (exact) mass is 562 g/mol. The van der Waals surface area contributed by atoms with E-state index in [1.807, 2.05) is 13.2 Å². The summed E-state index contributed by atoms with van der Waals surface area (Å²) in [5, 5.41) is 6.87. The van der Waals surface area contributed by atoms with E-state index in [1.165, 1.54) is 68.3 Å². The van der Waals surface area contributed by atoms with Crippen molar-refractivity contribution in [3.8, 4) is 0 Å². The van der Waals surface area contributed by atoms with Gasteiger partial charge in [0.1, 0.15) is 5.82 Å². The topological polar surface area (TPSA) is 55.8 Å². The SMILES string of the molecule is CN=C(NCc1ccc(CN2CCCCC2)cc1)NCc1ccnc(N2CCCCC2)c1.I. The van der Waals surface area contributed by atoms with Gasteiger partial charge in [0.25, 0.3) is 0 Å². The van der Waals surface area contributed by atoms with E-state index in [1.54, 1.807) is 0 Å². The third-order valence-corrected chi connectivity index (χ3v) is 6.51. The van der Waals surface area contributed by atoms with Gasteiger partial charge in [-0.1, -0.05) is 30.7 Å². The molecule has 0 radical (unpaired) electrons. The van der Waals surface area contributed by atoms with Crippen molar-refractivity contribution in [3.63, 3.8) is 0 Å². The van der Waals surface area contributed by atoms with E-state index in [0.717, 1.165) is 44.5 Å². The van der Waals surface area contributed by atoms with Crippen molar-refractivity contribution in [3.05, 3.63) is 59.3 Å². The smallest absolute Gasteiger partial charge is 0.191 e. The first-order valence-corrected chi connectivity index (χ1v) is 12.2. The molecule has 2 saturated heterocycles. The molecular formula is C26H39IN6. The Bertz CT molecular complexity index is 857. The molecule has 0 bridgehead atoms. The number of benzene rings is 1. The predicted octanol–water partition coefficient (Wildman–Crippen LogP) is 4.54. The van der Waals surface area contributed by atoms with Crippen molar-refractivity contribution in [1.29, 1.82) is 0 Å². The molecule has 2 aromatic rings. The second-order valence-corrected chi connectivity index (χ2v) is 9.00. The summed E-state index contributed by atoms with van der Waals surface area (Å²) in [7, 11) is 1.82. The van der Waals surface area contributed by atoms with E-state index in [4.69, 9.17) is 0 Å². The number of halogens is 1. The molecule has 180 valence electrons. The van der Waals surface area contributed by atoms with Crippen LogP contribution in [0.4, 0.5) is 5.82 Å². The highest BCUT2D eigenvalue weighted by molar-refractivity contribution is 14.0. The summed E-state index contributed by atoms with van der Waals surface area (Å²) in [4.78, 5) is 13.9. The number of aliphatic imine (C=N–C) groups is 1. The van der Waals surface area contributed by atoms with Crippen LogP contribution in [0.25, 0.3) is 0 Å². The van der Waals surface area contributed by atoms with Crippen LogP contribution in [0.1, 0.15) is 55.2 Å². The van der Waals surface area contributed by atoms with E-state index < -0.39 is 0 Å². The van der Waals surface area contributed by atoms with Gasteiger partial charge in [-0.3, -0.25) is 9.89 Å². The first-order chi connectivity index (χ1) is 15.8. The minimum Gasteiger partial charge on any atom is -0.357 e. The van der Waals surface area contributed by atoms with Crippen molar-refractivity contribution in [2.24, 2.45) is 4.99 Å². The van der Waals surface area contributed by atoms with Crippen LogP contribution in [0.15, 0.2) is 47.6 Å². The van der Waals surface area contributed by atoms with E-state index in [-0.39, 0.29) is 24.0 Å². The summed E-state index contributed by atoms with van der Waals surface area (Å²) >= 11 is 0. The second kappa shape index (κ2) is 13.7. The Kier molecular flexibility index (Phi) is 10.7. The summed E-state index contributed by atoms with van der Waals surface area (Å²) in [6.45, 7) is 7.28. The Labute approximate surface area is 216 Å². The zero-order chi connectivity index (χ0) is 22.0. The molecule has 0 unspecified atom stereocenters. The lowest BCUT2D eigenvalue weighted by Crippen LogP contribution is -2.36. The van der Waals surface area contributed by atoms with Gasteiger partial charge in [0.2, 0.25) is 0 Å². The van der Waals surface area contributed by atoms with E-state index >= 15 is 0 Å². The first-order valence-electron chi connectivity index (χ1n) is 12.2. The van der Waals surface area contributed by atoms with Gasteiger partial charge in [-0.25, -0.2) is 4.98 Å². The quantitative estimate of drug-likeness (QED) is 0.295. The molecule has 0 spiro atoms. The maximum atomic E-state index is 4.58. The van der Waals surface area contributed by atoms with E-state index in [2.05, 4.69) is 66.8 Å². The van der Waals surface area contributed by atoms with Crippen molar-refractivity contribution in [2.45, 2.75) is 58.2 Å². The molecule has 2 aliphatic rings. The van der Waals surface area contributed by atoms with Crippen molar-refractivity contribution in [2.75, 3.05) is 38.1 Å². The molecule has 2 fully saturated rings. The first kappa shape index (κ1) is 25.7. The van der Waals surface area contributed by atoms with Gasteiger partial charge in [0, 0.05) is 46.0 Å². The molecule has 1 aromatic heterocycles. The number of nitrogens with zero attached hydrogens (tertiary/aromatic N) is 4. The van der Waals surface area contributed by atoms with E-state index in [0.29, 0.717) is 0 Å². The van der Waals surface area contributed by atoms with Crippen molar-refractivity contribution in [1.82, 2.24) is 20.5 Å². The number of hydrogen-bond donors (Lipinski definition) is 2. The third kappa shape index (κ3) is 8.14. The predicted molar refractivity (Wildman–Crippen MR) is 148 cm³/mol. The second-order valence-electron chi connectivity index (χ2n) is 9.00. The average molecular weight is 563 g/mol. The normalized spacial score (nSPS) is 17.4. The van der Waals surface area contributed by atoms with Crippen LogP contribution in [0.3, 0.4) is 0 Å². The number of piperidine rings is 2. The Morgan fingerprint density at radius 2 is 1.42 bits per heavy atom. The van der Waals surface area contributed by atoms with Crippen LogP contribution in [0, 0.1) is 0 Å². The van der Waals surface area contributed by atoms with Gasteiger partial charge in [0.15, 0.2) is 5.96 Å². The fourth-order valence-electron chi connectivity index (χ4n) is 4.60. The van der Waals surface area contributed by atoms with Crippen molar-refractivity contribution < 1.29 is 0 Å². The molecule has 6 nitrogen and oxygen atoms in total. The molecule has 3 heterocycles. The van der Waals surface area contributed by atoms with Gasteiger partial charge in [-0.15, -0.1) is 24.0 Å². The molecule has 7 heteroatoms. The van der Waals surface area contributed by atoms with Crippen LogP contribution in [0.2, 0.25) is 0 Å². The lowest BCUT2D eigenvalue weighted by molar-refractivity contribution is 0.221. The van der Waals surface area contributed by atoms with Crippen LogP contribution in [-0.4, -0.2) is 49.1 Å². The number of likely N-dealkylation sites (tertiary alicyclic amines) is 1. The van der Waals surface area contributed by atoms with Gasteiger partial charge >= 0.3 is 0 Å². The third-order valence-electron chi connectivity index (χ3n) is 6.51. The van der Waals surface area contributed by atoms with Gasteiger partial charge in [-0.05, 0) is 74.0 Å². The Hall–Kier alpha value is -1.87. The molecular weight excluding hydrogens is 523 g/mol. The lowest BCUT2D eigenvalue weighted by atomic mass is 10.1. The molecule has 0 amide bonds. The maximum Gasteiger partial charge on any atom is 0.191 e. The number of rotatable bonds is 7. The summed E-state index contributed by atoms with van der Waals surface area (Å²) in [6, 6.07) is 13.3. The number of anilines is 1.